The Kier molecular flexibility index (Phi) is 4.10. The fourth-order valence-electron chi connectivity index (χ4n) is 1.55. The molecule has 0 aliphatic carbocycles. The second-order valence-corrected chi connectivity index (χ2v) is 6.11. The van der Waals surface area contributed by atoms with Crippen molar-refractivity contribution in [2.24, 2.45) is 0 Å². The number of sulfone groups is 1. The van der Waals surface area contributed by atoms with Crippen LogP contribution in [0.1, 0.15) is 13.3 Å². The van der Waals surface area contributed by atoms with Crippen LogP contribution < -0.4 is 5.32 Å². The first kappa shape index (κ1) is 12.4. The zero-order valence-corrected chi connectivity index (χ0v) is 10.0. The van der Waals surface area contributed by atoms with Crippen molar-refractivity contribution < 1.29 is 13.2 Å². The van der Waals surface area contributed by atoms with E-state index in [1.54, 1.807) is 4.90 Å². The lowest BCUT2D eigenvalue weighted by Gasteiger charge is -2.38. The van der Waals surface area contributed by atoms with Crippen molar-refractivity contribution in [3.63, 3.8) is 0 Å². The summed E-state index contributed by atoms with van der Waals surface area (Å²) in [5.41, 5.74) is 0. The van der Waals surface area contributed by atoms with Crippen LogP contribution in [0.25, 0.3) is 0 Å². The van der Waals surface area contributed by atoms with Crippen molar-refractivity contribution in [2.75, 3.05) is 31.6 Å². The second kappa shape index (κ2) is 4.94. The summed E-state index contributed by atoms with van der Waals surface area (Å²) in [5.74, 6) is -0.644. The molecule has 0 spiro atoms. The number of nitrogens with one attached hydrogen (secondary N) is 1. The quantitative estimate of drug-likeness (QED) is 0.679. The van der Waals surface area contributed by atoms with Crippen molar-refractivity contribution in [2.45, 2.75) is 19.4 Å². The third kappa shape index (κ3) is 3.79. The standard InChI is InChI=1S/C9H18N2O3S/c1-3-4-11(8-5-10-6-8)9(12)7-15(2,13)14/h8,10H,3-7H2,1-2H3. The molecule has 1 saturated heterocycles. The van der Waals surface area contributed by atoms with Crippen LogP contribution in [0.5, 0.6) is 0 Å². The number of nitrogens with zero attached hydrogens (tertiary/aromatic N) is 1. The molecule has 5 nitrogen and oxygen atoms in total. The predicted molar refractivity (Wildman–Crippen MR) is 58.4 cm³/mol. The van der Waals surface area contributed by atoms with Gasteiger partial charge in [0.25, 0.3) is 0 Å². The Morgan fingerprint density at radius 2 is 2.07 bits per heavy atom. The van der Waals surface area contributed by atoms with Gasteiger partial charge in [0.1, 0.15) is 5.75 Å². The fourth-order valence-corrected chi connectivity index (χ4v) is 2.17. The lowest BCUT2D eigenvalue weighted by atomic mass is 10.1. The lowest BCUT2D eigenvalue weighted by molar-refractivity contribution is -0.131. The van der Waals surface area contributed by atoms with E-state index >= 15 is 0 Å². The van der Waals surface area contributed by atoms with E-state index in [0.717, 1.165) is 25.8 Å². The molecule has 0 unspecified atom stereocenters. The van der Waals surface area contributed by atoms with Crippen molar-refractivity contribution in [3.8, 4) is 0 Å². The Hall–Kier alpha value is -0.620. The van der Waals surface area contributed by atoms with Gasteiger partial charge in [-0.05, 0) is 6.42 Å². The summed E-state index contributed by atoms with van der Waals surface area (Å²) < 4.78 is 22.0. The van der Waals surface area contributed by atoms with Gasteiger partial charge in [-0.3, -0.25) is 4.79 Å². The van der Waals surface area contributed by atoms with E-state index in [2.05, 4.69) is 5.32 Å². The molecule has 0 radical (unpaired) electrons. The molecule has 1 heterocycles. The Bertz CT molecular complexity index is 322. The smallest absolute Gasteiger partial charge is 0.238 e. The first-order chi connectivity index (χ1) is 6.94. The SMILES string of the molecule is CCCN(C(=O)CS(C)(=O)=O)C1CNC1. The van der Waals surface area contributed by atoms with Crippen LogP contribution in [0.15, 0.2) is 0 Å². The summed E-state index contributed by atoms with van der Waals surface area (Å²) in [6, 6.07) is 0.180. The maximum atomic E-state index is 11.7. The summed E-state index contributed by atoms with van der Waals surface area (Å²) in [6.07, 6.45) is 1.94. The highest BCUT2D eigenvalue weighted by molar-refractivity contribution is 7.91. The average Bonchev–Trinajstić information content (AvgIpc) is 1.96. The molecule has 88 valence electrons. The van der Waals surface area contributed by atoms with Gasteiger partial charge in [-0.25, -0.2) is 8.42 Å². The van der Waals surface area contributed by atoms with Crippen LogP contribution in [0.3, 0.4) is 0 Å². The molecule has 6 heteroatoms. The highest BCUT2D eigenvalue weighted by atomic mass is 32.2. The molecule has 1 amide bonds. The van der Waals surface area contributed by atoms with Gasteiger partial charge in [-0.2, -0.15) is 0 Å². The minimum atomic E-state index is -3.22. The summed E-state index contributed by atoms with van der Waals surface area (Å²) >= 11 is 0. The molecule has 1 fully saturated rings. The largest absolute Gasteiger partial charge is 0.336 e. The van der Waals surface area contributed by atoms with Crippen molar-refractivity contribution >= 4 is 15.7 Å². The molecule has 0 aromatic carbocycles. The first-order valence-corrected chi connectivity index (χ1v) is 7.18. The van der Waals surface area contributed by atoms with Gasteiger partial charge in [-0.15, -0.1) is 0 Å². The molecule has 1 rings (SSSR count). The topological polar surface area (TPSA) is 66.5 Å². The number of hydrogen-bond acceptors (Lipinski definition) is 4. The molecule has 1 N–H and O–H groups in total. The van der Waals surface area contributed by atoms with E-state index in [4.69, 9.17) is 0 Å². The van der Waals surface area contributed by atoms with Gasteiger partial charge in [0.05, 0.1) is 6.04 Å². The van der Waals surface area contributed by atoms with Gasteiger partial charge in [0, 0.05) is 25.9 Å². The molecular weight excluding hydrogens is 216 g/mol. The van der Waals surface area contributed by atoms with Crippen molar-refractivity contribution in [1.29, 1.82) is 0 Å². The molecular formula is C9H18N2O3S. The summed E-state index contributed by atoms with van der Waals surface area (Å²) in [6.45, 7) is 4.17. The van der Waals surface area contributed by atoms with Crippen LogP contribution in [-0.4, -0.2) is 56.9 Å². The van der Waals surface area contributed by atoms with Gasteiger partial charge < -0.3 is 10.2 Å². The van der Waals surface area contributed by atoms with E-state index in [1.165, 1.54) is 0 Å². The van der Waals surface area contributed by atoms with Gasteiger partial charge in [0.15, 0.2) is 9.84 Å². The van der Waals surface area contributed by atoms with E-state index < -0.39 is 9.84 Å². The minimum absolute atomic E-state index is 0.180. The Labute approximate surface area is 90.7 Å². The molecule has 1 aliphatic rings. The number of amides is 1. The minimum Gasteiger partial charge on any atom is -0.336 e. The summed E-state index contributed by atoms with van der Waals surface area (Å²) in [7, 11) is -3.22. The maximum Gasteiger partial charge on any atom is 0.238 e. The molecule has 0 aromatic heterocycles. The van der Waals surface area contributed by atoms with E-state index in [-0.39, 0.29) is 17.7 Å². The van der Waals surface area contributed by atoms with Crippen LogP contribution in [0.2, 0.25) is 0 Å². The average molecular weight is 234 g/mol. The van der Waals surface area contributed by atoms with Gasteiger partial charge >= 0.3 is 0 Å². The number of rotatable bonds is 5. The predicted octanol–water partition coefficient (Wildman–Crippen LogP) is -0.759. The zero-order valence-electron chi connectivity index (χ0n) is 9.19. The Morgan fingerprint density at radius 1 is 1.47 bits per heavy atom. The van der Waals surface area contributed by atoms with Crippen LogP contribution >= 0.6 is 0 Å². The second-order valence-electron chi connectivity index (χ2n) is 3.97. The van der Waals surface area contributed by atoms with Crippen LogP contribution in [0.4, 0.5) is 0 Å². The molecule has 0 saturated carbocycles. The molecule has 15 heavy (non-hydrogen) atoms. The number of carbonyl (C=O) groups excluding carboxylic acids is 1. The highest BCUT2D eigenvalue weighted by Crippen LogP contribution is 2.07. The number of carbonyl (C=O) groups is 1. The third-order valence-electron chi connectivity index (χ3n) is 2.37. The molecule has 0 atom stereocenters. The zero-order chi connectivity index (χ0) is 11.5. The van der Waals surface area contributed by atoms with E-state index in [9.17, 15) is 13.2 Å². The van der Waals surface area contributed by atoms with Crippen molar-refractivity contribution in [3.05, 3.63) is 0 Å². The lowest BCUT2D eigenvalue weighted by Crippen LogP contribution is -2.59. The Balaban J connectivity index is 2.58. The normalized spacial score (nSPS) is 17.2. The highest BCUT2D eigenvalue weighted by Gasteiger charge is 2.29. The summed E-state index contributed by atoms with van der Waals surface area (Å²) in [4.78, 5) is 13.4. The van der Waals surface area contributed by atoms with Crippen LogP contribution in [-0.2, 0) is 14.6 Å². The summed E-state index contributed by atoms with van der Waals surface area (Å²) in [5, 5.41) is 3.07. The van der Waals surface area contributed by atoms with Gasteiger partial charge in [-0.1, -0.05) is 6.92 Å². The molecule has 1 aliphatic heterocycles. The van der Waals surface area contributed by atoms with Crippen LogP contribution in [0, 0.1) is 0 Å². The third-order valence-corrected chi connectivity index (χ3v) is 3.14. The molecule has 0 aromatic rings. The fraction of sp³-hybridized carbons (Fsp3) is 0.889. The van der Waals surface area contributed by atoms with Gasteiger partial charge in [0.2, 0.25) is 5.91 Å². The Morgan fingerprint density at radius 3 is 2.40 bits per heavy atom. The van der Waals surface area contributed by atoms with E-state index in [0.29, 0.717) is 6.54 Å². The van der Waals surface area contributed by atoms with Crippen molar-refractivity contribution in [1.82, 2.24) is 10.2 Å². The maximum absolute atomic E-state index is 11.7. The molecule has 0 bridgehead atoms. The monoisotopic (exact) mass is 234 g/mol. The number of hydrogen-bond donors (Lipinski definition) is 1. The first-order valence-electron chi connectivity index (χ1n) is 5.12. The van der Waals surface area contributed by atoms with E-state index in [1.807, 2.05) is 6.92 Å².